The van der Waals surface area contributed by atoms with Crippen LogP contribution >= 0.6 is 0 Å². The molecule has 0 spiro atoms. The van der Waals surface area contributed by atoms with Gasteiger partial charge in [-0.3, -0.25) is 61.7 Å². The number of hydrogen-bond acceptors (Lipinski definition) is 16. The fraction of sp³-hybridized carbons (Fsp3) is 0.933. The van der Waals surface area contributed by atoms with E-state index in [4.69, 9.17) is 18.9 Å². The average Bonchev–Trinajstić information content (AvgIpc) is 4.29. The molecule has 8 bridgehead atoms. The highest BCUT2D eigenvalue weighted by Gasteiger charge is 2.68. The van der Waals surface area contributed by atoms with Crippen LogP contribution in [0.2, 0.25) is 0 Å². The van der Waals surface area contributed by atoms with E-state index in [1.165, 1.54) is 38.5 Å². The lowest BCUT2D eigenvalue weighted by molar-refractivity contribution is -0.190. The van der Waals surface area contributed by atoms with Gasteiger partial charge < -0.3 is 18.9 Å². The van der Waals surface area contributed by atoms with Crippen molar-refractivity contribution in [3.05, 3.63) is 0 Å². The highest BCUT2D eigenvalue weighted by Crippen LogP contribution is 2.54. The van der Waals surface area contributed by atoms with Gasteiger partial charge >= 0.3 is 23.9 Å². The molecular weight excluding hydrogens is 961 g/mol. The predicted octanol–water partition coefficient (Wildman–Crippen LogP) is 8.00. The van der Waals surface area contributed by atoms with E-state index in [0.717, 1.165) is 116 Å². The summed E-state index contributed by atoms with van der Waals surface area (Å²) in [6.45, 7) is 9.34. The normalized spacial score (nSPS) is 39.5. The topological polar surface area (TPSA) is 201 Å². The molecule has 20 atom stereocenters. The van der Waals surface area contributed by atoms with Gasteiger partial charge in [-0.25, -0.2) is 0 Å². The molecule has 5 aliphatic heterocycles. The Morgan fingerprint density at radius 3 is 0.737 bits per heavy atom. The van der Waals surface area contributed by atoms with Crippen molar-refractivity contribution in [2.75, 3.05) is 26.4 Å². The fourth-order valence-electron chi connectivity index (χ4n) is 16.6. The second-order valence-corrected chi connectivity index (χ2v) is 25.2. The van der Waals surface area contributed by atoms with Gasteiger partial charge in [0.2, 0.25) is 0 Å². The average molecular weight is 1070 g/mol. The molecule has 5 heterocycles. The lowest BCUT2D eigenvalue weighted by Gasteiger charge is -2.47. The highest BCUT2D eigenvalue weighted by atomic mass is 16.6. The molecule has 4 aliphatic carbocycles. The first kappa shape index (κ1) is 58.2. The fourth-order valence-corrected chi connectivity index (χ4v) is 16.6. The quantitative estimate of drug-likeness (QED) is 0.0262. The molecule has 0 aromatic carbocycles. The van der Waals surface area contributed by atoms with Crippen LogP contribution in [0.25, 0.3) is 0 Å². The van der Waals surface area contributed by atoms with Crippen molar-refractivity contribution >= 4 is 23.9 Å². The summed E-state index contributed by atoms with van der Waals surface area (Å²) in [4.78, 5) is 62.0. The van der Waals surface area contributed by atoms with Crippen LogP contribution in [-0.4, -0.2) is 99.6 Å². The summed E-state index contributed by atoms with van der Waals surface area (Å²) in [6, 6.07) is 0. The Hall–Kier alpha value is -2.44. The van der Waals surface area contributed by atoms with Crippen LogP contribution in [0.15, 0.2) is 0 Å². The summed E-state index contributed by atoms with van der Waals surface area (Å²) in [6.07, 6.45) is 27.6. The van der Waals surface area contributed by atoms with Gasteiger partial charge in [0.1, 0.15) is 0 Å². The first-order valence-corrected chi connectivity index (χ1v) is 32.0. The molecule has 20 unspecified atom stereocenters. The second kappa shape index (κ2) is 28.8. The van der Waals surface area contributed by atoms with Gasteiger partial charge in [-0.05, 0) is 99.7 Å². The largest absolute Gasteiger partial charge is 0.465 e. The molecule has 5 saturated heterocycles. The number of ether oxygens (including phenoxy) is 4. The monoisotopic (exact) mass is 1060 g/mol. The molecule has 16 nitrogen and oxygen atoms in total. The Labute approximate surface area is 457 Å². The van der Waals surface area contributed by atoms with Crippen molar-refractivity contribution in [2.24, 2.45) is 71.0 Å². The molecule has 0 aromatic rings. The Morgan fingerprint density at radius 1 is 0.289 bits per heavy atom. The summed E-state index contributed by atoms with van der Waals surface area (Å²) in [5, 5.41) is 33.3. The number of carbonyl (C=O) groups excluding carboxylic acids is 4. The number of nitrogens with one attached hydrogen (secondary N) is 8. The number of carbonyl (C=O) groups is 4. The third-order valence-corrected chi connectivity index (χ3v) is 20.3. The molecule has 0 amide bonds. The molecule has 8 N–H and O–H groups in total. The van der Waals surface area contributed by atoms with Crippen LogP contribution in [0, 0.1) is 71.0 Å². The minimum atomic E-state index is -1.34. The summed E-state index contributed by atoms with van der Waals surface area (Å²) >= 11 is 0. The van der Waals surface area contributed by atoms with Crippen molar-refractivity contribution < 1.29 is 38.1 Å². The van der Waals surface area contributed by atoms with Gasteiger partial charge in [0.25, 0.3) is 0 Å². The van der Waals surface area contributed by atoms with E-state index in [0.29, 0.717) is 61.2 Å². The zero-order valence-electron chi connectivity index (χ0n) is 47.4. The summed E-state index contributed by atoms with van der Waals surface area (Å²) < 4.78 is 25.3. The number of rotatable bonds is 24. The molecule has 76 heavy (non-hydrogen) atoms. The smallest absolute Gasteiger partial charge is 0.310 e. The molecule has 432 valence electrons. The lowest BCUT2D eigenvalue weighted by Crippen LogP contribution is -2.62. The van der Waals surface area contributed by atoms with Crippen LogP contribution in [0.3, 0.4) is 0 Å². The van der Waals surface area contributed by atoms with Crippen molar-refractivity contribution in [1.29, 1.82) is 0 Å². The number of fused-ring (bicyclic) bond motifs is 20. The van der Waals surface area contributed by atoms with Gasteiger partial charge in [-0.1, -0.05) is 143 Å². The standard InChI is InChI=1S/C60H104N8O8/c1-5-9-13-23-33-73-57(69)45-43-44(46(58(70)74-34-24-14-10-6-2)48(60(72)76-36-26-16-12-8-4)47(45)59(71)75-35-25-15-11-7-3)56-67-54-42-32-22-20-30-40(42)52(65-54)63-50-38-28-18-17-27-37(38)49(61-50)62-51-39-29-19-21-31-41(39)53(64-51)66-55(43)68-56/h37-56,61-68H,5-36H2,1-4H3. The van der Waals surface area contributed by atoms with Crippen molar-refractivity contribution in [1.82, 2.24) is 42.5 Å². The van der Waals surface area contributed by atoms with Gasteiger partial charge in [-0.15, -0.1) is 0 Å². The van der Waals surface area contributed by atoms with Crippen molar-refractivity contribution in [2.45, 2.75) is 257 Å². The highest BCUT2D eigenvalue weighted by molar-refractivity contribution is 5.92. The van der Waals surface area contributed by atoms with Crippen molar-refractivity contribution in [3.63, 3.8) is 0 Å². The summed E-state index contributed by atoms with van der Waals surface area (Å²) in [5.74, 6) is -6.11. The van der Waals surface area contributed by atoms with Crippen molar-refractivity contribution in [3.8, 4) is 0 Å². The van der Waals surface area contributed by atoms with E-state index >= 15 is 19.2 Å². The first-order valence-electron chi connectivity index (χ1n) is 32.0. The molecule has 9 aliphatic rings. The minimum absolute atomic E-state index is 0.0648. The van der Waals surface area contributed by atoms with Gasteiger partial charge in [0, 0.05) is 11.8 Å². The molecular formula is C60H104N8O8. The first-order chi connectivity index (χ1) is 37.3. The molecule has 16 heteroatoms. The van der Waals surface area contributed by atoms with E-state index in [9.17, 15) is 0 Å². The van der Waals surface area contributed by atoms with Crippen LogP contribution in [-0.2, 0) is 38.1 Å². The van der Waals surface area contributed by atoms with Crippen LogP contribution in [0.1, 0.15) is 207 Å². The maximum Gasteiger partial charge on any atom is 0.310 e. The lowest BCUT2D eigenvalue weighted by atomic mass is 9.56. The molecule has 4 saturated carbocycles. The van der Waals surface area contributed by atoms with Crippen LogP contribution < -0.4 is 42.5 Å². The summed E-state index contributed by atoms with van der Waals surface area (Å²) in [5.41, 5.74) is 0. The maximum atomic E-state index is 15.6. The number of hydrogen-bond donors (Lipinski definition) is 8. The van der Waals surface area contributed by atoms with E-state index in [1.54, 1.807) is 0 Å². The SMILES string of the molecule is CCCCCCOC(=O)C1C(C(=O)OCCCCCC)C(C(=O)OCCCCCC)C2C3NC4NC(NC5NC(NC6NC(NC(N3)C2C1C(=O)OCCCCCC)C1CCCCC61)C1CCCCC51)C1CCCCC41. The summed E-state index contributed by atoms with van der Waals surface area (Å²) in [7, 11) is 0. The zero-order valence-corrected chi connectivity index (χ0v) is 47.4. The molecule has 0 aromatic heterocycles. The zero-order chi connectivity index (χ0) is 53.0. The van der Waals surface area contributed by atoms with E-state index in [1.807, 2.05) is 0 Å². The minimum Gasteiger partial charge on any atom is -0.465 e. The van der Waals surface area contributed by atoms with Gasteiger partial charge in [0.05, 0.1) is 99.4 Å². The maximum absolute atomic E-state index is 15.6. The number of esters is 4. The van der Waals surface area contributed by atoms with Crippen LogP contribution in [0.5, 0.6) is 0 Å². The molecule has 0 radical (unpaired) electrons. The molecule has 9 fully saturated rings. The Balaban J connectivity index is 1.15. The Morgan fingerprint density at radius 2 is 0.500 bits per heavy atom. The third kappa shape index (κ3) is 13.5. The number of unbranched alkanes of at least 4 members (excludes halogenated alkanes) is 12. The third-order valence-electron chi connectivity index (χ3n) is 20.3. The van der Waals surface area contributed by atoms with E-state index in [2.05, 4.69) is 70.2 Å². The molecule has 9 rings (SSSR count). The second-order valence-electron chi connectivity index (χ2n) is 25.2. The van der Waals surface area contributed by atoms with Gasteiger partial charge in [0.15, 0.2) is 0 Å². The Bertz CT molecular complexity index is 1720. The predicted molar refractivity (Wildman–Crippen MR) is 293 cm³/mol. The van der Waals surface area contributed by atoms with Crippen LogP contribution in [0.4, 0.5) is 0 Å². The van der Waals surface area contributed by atoms with Gasteiger partial charge in [-0.2, -0.15) is 0 Å². The van der Waals surface area contributed by atoms with E-state index < -0.39 is 71.7 Å². The Kier molecular flexibility index (Phi) is 22.1. The van der Waals surface area contributed by atoms with E-state index in [-0.39, 0.29) is 63.4 Å².